The highest BCUT2D eigenvalue weighted by Crippen LogP contribution is 2.25. The van der Waals surface area contributed by atoms with Crippen molar-refractivity contribution in [1.29, 1.82) is 0 Å². The molecule has 1 N–H and O–H groups in total. The lowest BCUT2D eigenvalue weighted by Crippen LogP contribution is -2.34. The molecule has 0 fully saturated rings. The molecule has 2 heterocycles. The largest absolute Gasteiger partial charge is 0.288 e. The molecule has 4 heteroatoms. The van der Waals surface area contributed by atoms with Gasteiger partial charge in [-0.3, -0.25) is 14.9 Å². The lowest BCUT2D eigenvalue weighted by Gasteiger charge is -2.15. The van der Waals surface area contributed by atoms with Gasteiger partial charge in [0.05, 0.1) is 0 Å². The normalized spacial score (nSPS) is 12.7. The van der Waals surface area contributed by atoms with Gasteiger partial charge in [0.25, 0.3) is 11.8 Å². The van der Waals surface area contributed by atoms with Crippen molar-refractivity contribution in [1.82, 2.24) is 5.32 Å². The number of hydrogen-bond acceptors (Lipinski definition) is 3. The maximum Gasteiger partial charge on any atom is 0.258 e. The van der Waals surface area contributed by atoms with Gasteiger partial charge in [-0.2, -0.15) is 0 Å². The Hall–Kier alpha value is -2.98. The molecule has 3 aromatic carbocycles. The zero-order valence-electron chi connectivity index (χ0n) is 12.7. The van der Waals surface area contributed by atoms with Crippen molar-refractivity contribution < 1.29 is 9.59 Å². The molecule has 0 saturated carbocycles. The third-order valence-corrected chi connectivity index (χ3v) is 4.88. The van der Waals surface area contributed by atoms with Crippen LogP contribution in [0.3, 0.4) is 0 Å². The second-order valence-corrected chi connectivity index (χ2v) is 6.40. The Morgan fingerprint density at radius 1 is 0.667 bits per heavy atom. The maximum atomic E-state index is 11.6. The Balaban J connectivity index is 0.000000138. The first-order valence-electron chi connectivity index (χ1n) is 7.54. The topological polar surface area (TPSA) is 46.2 Å². The number of rotatable bonds is 0. The summed E-state index contributed by atoms with van der Waals surface area (Å²) in [5.41, 5.74) is 1.14. The van der Waals surface area contributed by atoms with Crippen LogP contribution >= 0.6 is 11.3 Å². The van der Waals surface area contributed by atoms with E-state index < -0.39 is 0 Å². The number of amides is 2. The zero-order chi connectivity index (χ0) is 16.5. The van der Waals surface area contributed by atoms with Gasteiger partial charge in [0.15, 0.2) is 0 Å². The van der Waals surface area contributed by atoms with Crippen LogP contribution in [-0.4, -0.2) is 11.8 Å². The summed E-state index contributed by atoms with van der Waals surface area (Å²) < 4.78 is 1.37. The highest BCUT2D eigenvalue weighted by atomic mass is 32.1. The zero-order valence-corrected chi connectivity index (χ0v) is 13.5. The van der Waals surface area contributed by atoms with E-state index in [0.29, 0.717) is 11.1 Å². The van der Waals surface area contributed by atoms with E-state index in [2.05, 4.69) is 41.0 Å². The first-order chi connectivity index (χ1) is 11.7. The molecule has 5 rings (SSSR count). The van der Waals surface area contributed by atoms with Crippen LogP contribution in [0.1, 0.15) is 20.7 Å². The smallest absolute Gasteiger partial charge is 0.258 e. The molecule has 24 heavy (non-hydrogen) atoms. The predicted octanol–water partition coefficient (Wildman–Crippen LogP) is 4.62. The van der Waals surface area contributed by atoms with Crippen LogP contribution in [0.15, 0.2) is 72.1 Å². The molecule has 2 amide bonds. The van der Waals surface area contributed by atoms with Gasteiger partial charge in [0.1, 0.15) is 0 Å². The number of thiophene rings is 1. The van der Waals surface area contributed by atoms with Crippen LogP contribution in [0, 0.1) is 0 Å². The third-order valence-electron chi connectivity index (χ3n) is 3.98. The lowest BCUT2D eigenvalue weighted by atomic mass is 9.95. The van der Waals surface area contributed by atoms with Gasteiger partial charge < -0.3 is 0 Å². The van der Waals surface area contributed by atoms with E-state index in [4.69, 9.17) is 0 Å². The maximum absolute atomic E-state index is 11.6. The molecule has 0 unspecified atom stereocenters. The number of imide groups is 1. The van der Waals surface area contributed by atoms with Crippen molar-refractivity contribution in [2.24, 2.45) is 0 Å². The second kappa shape index (κ2) is 5.91. The molecule has 4 aromatic rings. The Labute approximate surface area is 142 Å². The Bertz CT molecular complexity index is 1000. The van der Waals surface area contributed by atoms with E-state index in [1.54, 1.807) is 23.5 Å². The lowest BCUT2D eigenvalue weighted by molar-refractivity contribution is 0.0845. The van der Waals surface area contributed by atoms with E-state index in [0.717, 1.165) is 10.8 Å². The van der Waals surface area contributed by atoms with Crippen molar-refractivity contribution in [2.45, 2.75) is 0 Å². The second-order valence-electron chi connectivity index (χ2n) is 5.45. The number of fused-ring (bicyclic) bond motifs is 1. The number of carbonyl (C=O) groups excluding carboxylic acids is 2. The van der Waals surface area contributed by atoms with Crippen molar-refractivity contribution in [3.8, 4) is 0 Å². The Kier molecular flexibility index (Phi) is 3.59. The van der Waals surface area contributed by atoms with E-state index in [-0.39, 0.29) is 11.8 Å². The summed E-state index contributed by atoms with van der Waals surface area (Å²) in [5.74, 6) is -0.631. The standard InChI is InChI=1S/C12H7NO2.C8H6S/c14-11-8-5-1-3-7-4-2-6-9(10(7)8)12(15)13-11;1-2-4-8-7(3-1)5-6-9-8/h1-6H,(H,13,14,15);1-6H. The number of benzene rings is 3. The Morgan fingerprint density at radius 3 is 1.96 bits per heavy atom. The highest BCUT2D eigenvalue weighted by Gasteiger charge is 2.23. The number of carbonyl (C=O) groups is 2. The van der Waals surface area contributed by atoms with Crippen LogP contribution in [0.4, 0.5) is 0 Å². The molecule has 0 aliphatic carbocycles. The van der Waals surface area contributed by atoms with E-state index in [1.807, 2.05) is 24.3 Å². The Morgan fingerprint density at radius 2 is 1.29 bits per heavy atom. The van der Waals surface area contributed by atoms with Crippen molar-refractivity contribution >= 4 is 44.0 Å². The number of hydrogen-bond donors (Lipinski definition) is 1. The van der Waals surface area contributed by atoms with Crippen molar-refractivity contribution in [3.63, 3.8) is 0 Å². The minimum absolute atomic E-state index is 0.315. The molecule has 0 bridgehead atoms. The van der Waals surface area contributed by atoms with Crippen LogP contribution in [0.25, 0.3) is 20.9 Å². The van der Waals surface area contributed by atoms with E-state index >= 15 is 0 Å². The van der Waals surface area contributed by atoms with Gasteiger partial charge in [0, 0.05) is 21.2 Å². The SMILES string of the molecule is O=C1NC(=O)c2cccc3cccc1c23.c1ccc2sccc2c1. The summed E-state index contributed by atoms with van der Waals surface area (Å²) in [6.45, 7) is 0. The molecule has 3 nitrogen and oxygen atoms in total. The van der Waals surface area contributed by atoms with Crippen molar-refractivity contribution in [2.75, 3.05) is 0 Å². The van der Waals surface area contributed by atoms with Crippen LogP contribution in [0.2, 0.25) is 0 Å². The highest BCUT2D eigenvalue weighted by molar-refractivity contribution is 7.17. The third kappa shape index (κ3) is 2.47. The quantitative estimate of drug-likeness (QED) is 0.478. The predicted molar refractivity (Wildman–Crippen MR) is 97.6 cm³/mol. The summed E-state index contributed by atoms with van der Waals surface area (Å²) in [6, 6.07) is 21.4. The van der Waals surface area contributed by atoms with Crippen LogP contribution < -0.4 is 5.32 Å². The molecule has 0 saturated heterocycles. The van der Waals surface area contributed by atoms with Gasteiger partial charge in [-0.1, -0.05) is 42.5 Å². The van der Waals surface area contributed by atoms with Gasteiger partial charge in [-0.25, -0.2) is 0 Å². The fourth-order valence-corrected chi connectivity index (χ4v) is 3.65. The molecule has 0 spiro atoms. The average molecular weight is 331 g/mol. The molecule has 1 aliphatic rings. The fourth-order valence-electron chi connectivity index (χ4n) is 2.86. The fraction of sp³-hybridized carbons (Fsp3) is 0. The van der Waals surface area contributed by atoms with Crippen molar-refractivity contribution in [3.05, 3.63) is 83.2 Å². The minimum Gasteiger partial charge on any atom is -0.288 e. The summed E-state index contributed by atoms with van der Waals surface area (Å²) in [6.07, 6.45) is 0. The monoisotopic (exact) mass is 331 g/mol. The molecule has 0 atom stereocenters. The van der Waals surface area contributed by atoms with Gasteiger partial charge in [-0.05, 0) is 40.4 Å². The first-order valence-corrected chi connectivity index (χ1v) is 8.42. The first kappa shape index (κ1) is 14.6. The molecular weight excluding hydrogens is 318 g/mol. The molecule has 1 aliphatic heterocycles. The molecule has 1 aromatic heterocycles. The van der Waals surface area contributed by atoms with Gasteiger partial charge in [-0.15, -0.1) is 11.3 Å². The number of nitrogens with one attached hydrogen (secondary N) is 1. The molecular formula is C20H13NO2S. The van der Waals surface area contributed by atoms with Gasteiger partial charge in [0.2, 0.25) is 0 Å². The van der Waals surface area contributed by atoms with Crippen LogP contribution in [0.5, 0.6) is 0 Å². The van der Waals surface area contributed by atoms with Gasteiger partial charge >= 0.3 is 0 Å². The summed E-state index contributed by atoms with van der Waals surface area (Å²) >= 11 is 1.79. The summed E-state index contributed by atoms with van der Waals surface area (Å²) in [5, 5.41) is 7.47. The summed E-state index contributed by atoms with van der Waals surface area (Å²) in [7, 11) is 0. The van der Waals surface area contributed by atoms with E-state index in [1.165, 1.54) is 10.1 Å². The average Bonchev–Trinajstić information content (AvgIpc) is 3.09. The summed E-state index contributed by atoms with van der Waals surface area (Å²) in [4.78, 5) is 23.1. The van der Waals surface area contributed by atoms with E-state index in [9.17, 15) is 9.59 Å². The minimum atomic E-state index is -0.315. The van der Waals surface area contributed by atoms with Crippen LogP contribution in [-0.2, 0) is 0 Å². The molecule has 0 radical (unpaired) electrons. The molecule has 116 valence electrons.